The molecule has 1 heterocycles. The largest absolute Gasteiger partial charge is 0.486 e. The molecule has 1 aromatic heterocycles. The zero-order chi connectivity index (χ0) is 24.4. The number of rotatable bonds is 6. The molecule has 174 valence electrons. The van der Waals surface area contributed by atoms with Gasteiger partial charge in [0, 0.05) is 16.0 Å². The smallest absolute Gasteiger partial charge is 0.282 e. The predicted molar refractivity (Wildman–Crippen MR) is 143 cm³/mol. The summed E-state index contributed by atoms with van der Waals surface area (Å²) in [5, 5.41) is 4.95. The molecule has 0 fully saturated rings. The van der Waals surface area contributed by atoms with Crippen LogP contribution in [-0.2, 0) is 6.61 Å². The standard InChI is InChI=1S/C25H19Br3FN3O2/c1-14(2)24-31-22-8-7-17(26)11-18(22)25(33)32(24)30-12-15-9-19(27)23(20(28)10-15)34-13-16-5-3-4-6-21(16)29/h3-12,14H,13H2,1-2H3. The highest BCUT2D eigenvalue weighted by atomic mass is 79.9. The van der Waals surface area contributed by atoms with Gasteiger partial charge in [-0.2, -0.15) is 9.78 Å². The number of hydrogen-bond donors (Lipinski definition) is 0. The summed E-state index contributed by atoms with van der Waals surface area (Å²) >= 11 is 10.4. The van der Waals surface area contributed by atoms with Gasteiger partial charge in [0.2, 0.25) is 0 Å². The van der Waals surface area contributed by atoms with Gasteiger partial charge in [0.15, 0.2) is 0 Å². The van der Waals surface area contributed by atoms with Crippen LogP contribution in [0.3, 0.4) is 0 Å². The van der Waals surface area contributed by atoms with E-state index in [1.807, 2.05) is 38.1 Å². The van der Waals surface area contributed by atoms with Crippen LogP contribution in [0, 0.1) is 5.82 Å². The van der Waals surface area contributed by atoms with Crippen LogP contribution < -0.4 is 10.3 Å². The van der Waals surface area contributed by atoms with Crippen molar-refractivity contribution < 1.29 is 9.13 Å². The highest BCUT2D eigenvalue weighted by molar-refractivity contribution is 9.11. The minimum absolute atomic E-state index is 0.00877. The lowest BCUT2D eigenvalue weighted by Crippen LogP contribution is -2.23. The summed E-state index contributed by atoms with van der Waals surface area (Å²) in [6.45, 7) is 4.02. The van der Waals surface area contributed by atoms with Crippen molar-refractivity contribution in [1.29, 1.82) is 0 Å². The molecule has 0 aliphatic heterocycles. The second kappa shape index (κ2) is 10.5. The molecule has 0 aliphatic carbocycles. The van der Waals surface area contributed by atoms with Gasteiger partial charge in [-0.05, 0) is 73.8 Å². The van der Waals surface area contributed by atoms with Crippen LogP contribution in [-0.4, -0.2) is 15.9 Å². The first kappa shape index (κ1) is 24.8. The van der Waals surface area contributed by atoms with Crippen molar-refractivity contribution in [2.45, 2.75) is 26.4 Å². The lowest BCUT2D eigenvalue weighted by atomic mass is 10.2. The Morgan fingerprint density at radius 3 is 2.47 bits per heavy atom. The third-order valence-corrected chi connectivity index (χ3v) is 6.69. The topological polar surface area (TPSA) is 56.5 Å². The Kier molecular flexibility index (Phi) is 7.64. The maximum Gasteiger partial charge on any atom is 0.282 e. The molecular weight excluding hydrogens is 633 g/mol. The van der Waals surface area contributed by atoms with E-state index in [0.29, 0.717) is 37.0 Å². The third-order valence-electron chi connectivity index (χ3n) is 5.02. The summed E-state index contributed by atoms with van der Waals surface area (Å²) < 4.78 is 23.2. The lowest BCUT2D eigenvalue weighted by molar-refractivity contribution is 0.296. The van der Waals surface area contributed by atoms with E-state index in [0.717, 1.165) is 10.0 Å². The van der Waals surface area contributed by atoms with E-state index in [9.17, 15) is 9.18 Å². The summed E-state index contributed by atoms with van der Waals surface area (Å²) in [7, 11) is 0. The van der Waals surface area contributed by atoms with Gasteiger partial charge in [-0.3, -0.25) is 4.79 Å². The van der Waals surface area contributed by atoms with Crippen molar-refractivity contribution in [1.82, 2.24) is 9.66 Å². The second-order valence-corrected chi connectivity index (χ2v) is 10.5. The number of benzene rings is 3. The number of aromatic nitrogens is 2. The average molecular weight is 652 g/mol. The van der Waals surface area contributed by atoms with Crippen LogP contribution in [0.4, 0.5) is 4.39 Å². The maximum absolute atomic E-state index is 13.9. The Morgan fingerprint density at radius 2 is 1.79 bits per heavy atom. The SMILES string of the molecule is CC(C)c1nc2ccc(Br)cc2c(=O)n1N=Cc1cc(Br)c(OCc2ccccc2F)c(Br)c1. The summed E-state index contributed by atoms with van der Waals surface area (Å²) in [6.07, 6.45) is 1.59. The Labute approximate surface area is 221 Å². The molecule has 0 radical (unpaired) electrons. The fourth-order valence-corrected chi connectivity index (χ4v) is 5.14. The van der Waals surface area contributed by atoms with Crippen LogP contribution in [0.15, 0.2) is 77.9 Å². The van der Waals surface area contributed by atoms with Crippen LogP contribution in [0.25, 0.3) is 10.9 Å². The van der Waals surface area contributed by atoms with Gasteiger partial charge in [-0.1, -0.05) is 48.0 Å². The minimum atomic E-state index is -0.319. The van der Waals surface area contributed by atoms with Crippen molar-refractivity contribution in [2.24, 2.45) is 5.10 Å². The maximum atomic E-state index is 13.9. The first-order valence-electron chi connectivity index (χ1n) is 10.4. The van der Waals surface area contributed by atoms with Gasteiger partial charge in [-0.25, -0.2) is 9.37 Å². The zero-order valence-corrected chi connectivity index (χ0v) is 23.0. The highest BCUT2D eigenvalue weighted by Gasteiger charge is 2.14. The zero-order valence-electron chi connectivity index (χ0n) is 18.2. The van der Waals surface area contributed by atoms with Crippen LogP contribution in [0.1, 0.15) is 36.7 Å². The molecule has 0 N–H and O–H groups in total. The molecule has 0 unspecified atom stereocenters. The Bertz CT molecular complexity index is 1440. The molecule has 4 rings (SSSR count). The monoisotopic (exact) mass is 649 g/mol. The van der Waals surface area contributed by atoms with Gasteiger partial charge >= 0.3 is 0 Å². The van der Waals surface area contributed by atoms with E-state index < -0.39 is 0 Å². The van der Waals surface area contributed by atoms with Crippen molar-refractivity contribution >= 4 is 64.9 Å². The van der Waals surface area contributed by atoms with Crippen LogP contribution in [0.5, 0.6) is 5.75 Å². The summed E-state index contributed by atoms with van der Waals surface area (Å²) in [5.41, 5.74) is 1.58. The van der Waals surface area contributed by atoms with Crippen molar-refractivity contribution in [2.75, 3.05) is 0 Å². The molecule has 0 atom stereocenters. The predicted octanol–water partition coefficient (Wildman–Crippen LogP) is 7.41. The number of ether oxygens (including phenoxy) is 1. The fourth-order valence-electron chi connectivity index (χ4n) is 3.33. The molecule has 0 aliphatic rings. The number of hydrogen-bond acceptors (Lipinski definition) is 4. The highest BCUT2D eigenvalue weighted by Crippen LogP contribution is 2.35. The van der Waals surface area contributed by atoms with E-state index in [2.05, 4.69) is 57.9 Å². The number of fused-ring (bicyclic) bond motifs is 1. The van der Waals surface area contributed by atoms with E-state index in [1.54, 1.807) is 30.5 Å². The number of nitrogens with zero attached hydrogens (tertiary/aromatic N) is 3. The first-order valence-corrected chi connectivity index (χ1v) is 12.7. The molecule has 0 spiro atoms. The van der Waals surface area contributed by atoms with E-state index in [4.69, 9.17) is 4.74 Å². The number of halogens is 4. The van der Waals surface area contributed by atoms with Gasteiger partial charge in [0.05, 0.1) is 26.1 Å². The molecule has 0 amide bonds. The normalized spacial score (nSPS) is 11.6. The Balaban J connectivity index is 1.66. The van der Waals surface area contributed by atoms with E-state index in [-0.39, 0.29) is 23.9 Å². The summed E-state index contributed by atoms with van der Waals surface area (Å²) in [6, 6.07) is 15.5. The second-order valence-electron chi connectivity index (χ2n) is 7.84. The summed E-state index contributed by atoms with van der Waals surface area (Å²) in [5.74, 6) is 0.781. The molecule has 5 nitrogen and oxygen atoms in total. The van der Waals surface area contributed by atoms with Crippen LogP contribution in [0.2, 0.25) is 0 Å². The fraction of sp³-hybridized carbons (Fsp3) is 0.160. The molecule has 9 heteroatoms. The molecule has 0 saturated carbocycles. The van der Waals surface area contributed by atoms with Gasteiger partial charge in [0.1, 0.15) is 24.0 Å². The Hall–Kier alpha value is -2.36. The van der Waals surface area contributed by atoms with Gasteiger partial charge in [-0.15, -0.1) is 0 Å². The first-order chi connectivity index (χ1) is 16.2. The van der Waals surface area contributed by atoms with Gasteiger partial charge < -0.3 is 4.74 Å². The lowest BCUT2D eigenvalue weighted by Gasteiger charge is -2.13. The molecule has 0 saturated heterocycles. The molecule has 4 aromatic rings. The Morgan fingerprint density at radius 1 is 1.09 bits per heavy atom. The average Bonchev–Trinajstić information content (AvgIpc) is 2.79. The van der Waals surface area contributed by atoms with Crippen molar-refractivity contribution in [3.8, 4) is 5.75 Å². The summed E-state index contributed by atoms with van der Waals surface area (Å²) in [4.78, 5) is 17.8. The quantitative estimate of drug-likeness (QED) is 0.204. The minimum Gasteiger partial charge on any atom is -0.486 e. The third kappa shape index (κ3) is 5.31. The van der Waals surface area contributed by atoms with E-state index in [1.165, 1.54) is 10.7 Å². The van der Waals surface area contributed by atoms with Crippen LogP contribution >= 0.6 is 47.8 Å². The molecular formula is C25H19Br3FN3O2. The molecule has 3 aromatic carbocycles. The molecule has 34 heavy (non-hydrogen) atoms. The molecule has 0 bridgehead atoms. The van der Waals surface area contributed by atoms with Crippen molar-refractivity contribution in [3.05, 3.63) is 101 Å². The van der Waals surface area contributed by atoms with Crippen molar-refractivity contribution in [3.63, 3.8) is 0 Å². The van der Waals surface area contributed by atoms with E-state index >= 15 is 0 Å². The van der Waals surface area contributed by atoms with Gasteiger partial charge in [0.25, 0.3) is 5.56 Å².